The van der Waals surface area contributed by atoms with Crippen molar-refractivity contribution < 1.29 is 9.47 Å². The van der Waals surface area contributed by atoms with E-state index in [1.54, 1.807) is 13.4 Å². The van der Waals surface area contributed by atoms with Gasteiger partial charge in [-0.05, 0) is 24.6 Å². The van der Waals surface area contributed by atoms with Crippen LogP contribution >= 0.6 is 0 Å². The number of nitrogens with zero attached hydrogens (tertiary/aromatic N) is 1. The first kappa shape index (κ1) is 14.4. The van der Waals surface area contributed by atoms with Gasteiger partial charge in [0.25, 0.3) is 0 Å². The average molecular weight is 275 g/mol. The van der Waals surface area contributed by atoms with Crippen molar-refractivity contribution in [3.63, 3.8) is 0 Å². The summed E-state index contributed by atoms with van der Waals surface area (Å²) in [5.74, 6) is 1.57. The molecule has 0 aliphatic rings. The van der Waals surface area contributed by atoms with Crippen molar-refractivity contribution in [2.75, 3.05) is 20.3 Å². The maximum atomic E-state index is 5.50. The van der Waals surface area contributed by atoms with E-state index in [-0.39, 0.29) is 0 Å². The maximum absolute atomic E-state index is 5.50. The lowest BCUT2D eigenvalue weighted by Crippen LogP contribution is -2.16. The average Bonchev–Trinajstić information content (AvgIpc) is 2.98. The van der Waals surface area contributed by atoms with Crippen molar-refractivity contribution in [3.8, 4) is 11.5 Å². The molecule has 0 amide bonds. The Hall–Kier alpha value is -2.01. The maximum Gasteiger partial charge on any atom is 0.161 e. The number of hydrogen-bond donors (Lipinski definition) is 2. The highest BCUT2D eigenvalue weighted by Gasteiger charge is 2.05. The normalized spacial score (nSPS) is 10.5. The molecule has 0 bridgehead atoms. The molecule has 0 saturated heterocycles. The Morgan fingerprint density at radius 3 is 2.90 bits per heavy atom. The molecule has 5 nitrogen and oxygen atoms in total. The molecule has 1 heterocycles. The number of ether oxygens (including phenoxy) is 2. The summed E-state index contributed by atoms with van der Waals surface area (Å²) in [4.78, 5) is 7.08. The van der Waals surface area contributed by atoms with Crippen LogP contribution in [0.25, 0.3) is 0 Å². The largest absolute Gasteiger partial charge is 0.493 e. The number of aromatic amines is 1. The van der Waals surface area contributed by atoms with Gasteiger partial charge in [-0.2, -0.15) is 0 Å². The molecule has 20 heavy (non-hydrogen) atoms. The van der Waals surface area contributed by atoms with Gasteiger partial charge >= 0.3 is 0 Å². The van der Waals surface area contributed by atoms with Crippen molar-refractivity contribution in [1.82, 2.24) is 15.3 Å². The van der Waals surface area contributed by atoms with Crippen LogP contribution < -0.4 is 14.8 Å². The highest BCUT2D eigenvalue weighted by Crippen LogP contribution is 2.27. The van der Waals surface area contributed by atoms with E-state index in [2.05, 4.69) is 21.4 Å². The predicted molar refractivity (Wildman–Crippen MR) is 78.2 cm³/mol. The molecular formula is C15H21N3O2. The van der Waals surface area contributed by atoms with Crippen molar-refractivity contribution in [1.29, 1.82) is 0 Å². The highest BCUT2D eigenvalue weighted by atomic mass is 16.5. The topological polar surface area (TPSA) is 59.2 Å². The zero-order valence-corrected chi connectivity index (χ0v) is 12.0. The van der Waals surface area contributed by atoms with Crippen LogP contribution in [0.4, 0.5) is 0 Å². The second-order valence-electron chi connectivity index (χ2n) is 4.42. The van der Waals surface area contributed by atoms with E-state index in [0.717, 1.165) is 36.7 Å². The standard InChI is InChI=1S/C15H21N3O2/c1-3-20-14-5-4-12(8-15(14)19-2)9-16-7-6-13-10-17-11-18-13/h4-5,8,10-11,16H,3,6-7,9H2,1-2H3,(H,17,18). The Kier molecular flexibility index (Phi) is 5.43. The van der Waals surface area contributed by atoms with Crippen molar-refractivity contribution in [2.45, 2.75) is 19.9 Å². The van der Waals surface area contributed by atoms with E-state index in [1.165, 1.54) is 5.56 Å². The van der Waals surface area contributed by atoms with E-state index < -0.39 is 0 Å². The van der Waals surface area contributed by atoms with Gasteiger partial charge in [-0.15, -0.1) is 0 Å². The molecule has 0 aliphatic carbocycles. The number of benzene rings is 1. The number of imidazole rings is 1. The number of methoxy groups -OCH3 is 1. The Morgan fingerprint density at radius 2 is 2.20 bits per heavy atom. The third-order valence-corrected chi connectivity index (χ3v) is 2.98. The van der Waals surface area contributed by atoms with Crippen LogP contribution in [-0.4, -0.2) is 30.2 Å². The van der Waals surface area contributed by atoms with Gasteiger partial charge in [-0.25, -0.2) is 4.98 Å². The smallest absolute Gasteiger partial charge is 0.161 e. The van der Waals surface area contributed by atoms with Gasteiger partial charge < -0.3 is 19.8 Å². The molecule has 0 atom stereocenters. The van der Waals surface area contributed by atoms with Crippen LogP contribution in [0.1, 0.15) is 18.2 Å². The van der Waals surface area contributed by atoms with E-state index >= 15 is 0 Å². The minimum Gasteiger partial charge on any atom is -0.493 e. The molecular weight excluding hydrogens is 254 g/mol. The van der Waals surface area contributed by atoms with Crippen LogP contribution in [0.5, 0.6) is 11.5 Å². The van der Waals surface area contributed by atoms with Crippen molar-refractivity contribution in [2.24, 2.45) is 0 Å². The van der Waals surface area contributed by atoms with Gasteiger partial charge in [0.15, 0.2) is 11.5 Å². The molecule has 1 aromatic carbocycles. The third kappa shape index (κ3) is 3.99. The highest BCUT2D eigenvalue weighted by molar-refractivity contribution is 5.42. The molecule has 2 N–H and O–H groups in total. The summed E-state index contributed by atoms with van der Waals surface area (Å²) in [5, 5.41) is 3.40. The molecule has 0 saturated carbocycles. The number of aromatic nitrogens is 2. The van der Waals surface area contributed by atoms with Crippen LogP contribution in [0, 0.1) is 0 Å². The summed E-state index contributed by atoms with van der Waals surface area (Å²) in [6, 6.07) is 6.01. The minimum absolute atomic E-state index is 0.637. The first-order valence-electron chi connectivity index (χ1n) is 6.81. The van der Waals surface area contributed by atoms with E-state index in [0.29, 0.717) is 6.61 Å². The molecule has 0 radical (unpaired) electrons. The van der Waals surface area contributed by atoms with Gasteiger partial charge in [0.05, 0.1) is 20.0 Å². The quantitative estimate of drug-likeness (QED) is 0.725. The number of rotatable bonds is 8. The lowest BCUT2D eigenvalue weighted by molar-refractivity contribution is 0.310. The van der Waals surface area contributed by atoms with Crippen LogP contribution in [-0.2, 0) is 13.0 Å². The fourth-order valence-electron chi connectivity index (χ4n) is 1.97. The fraction of sp³-hybridized carbons (Fsp3) is 0.400. The Bertz CT molecular complexity index is 512. The monoisotopic (exact) mass is 275 g/mol. The van der Waals surface area contributed by atoms with Crippen LogP contribution in [0.15, 0.2) is 30.7 Å². The SMILES string of the molecule is CCOc1ccc(CNCCc2cnc[nH]2)cc1OC. The first-order chi connectivity index (χ1) is 9.83. The van der Waals surface area contributed by atoms with Crippen LogP contribution in [0.3, 0.4) is 0 Å². The molecule has 0 fully saturated rings. The first-order valence-corrected chi connectivity index (χ1v) is 6.81. The molecule has 0 unspecified atom stereocenters. The Morgan fingerprint density at radius 1 is 1.30 bits per heavy atom. The van der Waals surface area contributed by atoms with Crippen molar-refractivity contribution >= 4 is 0 Å². The molecule has 5 heteroatoms. The molecule has 2 rings (SSSR count). The van der Waals surface area contributed by atoms with Gasteiger partial charge in [0.2, 0.25) is 0 Å². The minimum atomic E-state index is 0.637. The second kappa shape index (κ2) is 7.55. The van der Waals surface area contributed by atoms with Crippen molar-refractivity contribution in [3.05, 3.63) is 42.0 Å². The van der Waals surface area contributed by atoms with E-state index in [4.69, 9.17) is 9.47 Å². The zero-order chi connectivity index (χ0) is 14.2. The summed E-state index contributed by atoms with van der Waals surface area (Å²) in [5.41, 5.74) is 2.32. The van der Waals surface area contributed by atoms with Gasteiger partial charge in [0.1, 0.15) is 0 Å². The van der Waals surface area contributed by atoms with Crippen LogP contribution in [0.2, 0.25) is 0 Å². The predicted octanol–water partition coefficient (Wildman–Crippen LogP) is 2.15. The molecule has 2 aromatic rings. The summed E-state index contributed by atoms with van der Waals surface area (Å²) in [7, 11) is 1.66. The fourth-order valence-corrected chi connectivity index (χ4v) is 1.97. The van der Waals surface area contributed by atoms with Gasteiger partial charge in [0, 0.05) is 31.4 Å². The van der Waals surface area contributed by atoms with Gasteiger partial charge in [-0.1, -0.05) is 6.07 Å². The molecule has 1 aromatic heterocycles. The van der Waals surface area contributed by atoms with Gasteiger partial charge in [-0.3, -0.25) is 0 Å². The molecule has 108 valence electrons. The summed E-state index contributed by atoms with van der Waals surface area (Å²) in [6.07, 6.45) is 4.49. The third-order valence-electron chi connectivity index (χ3n) is 2.98. The Labute approximate surface area is 119 Å². The zero-order valence-electron chi connectivity index (χ0n) is 12.0. The lowest BCUT2D eigenvalue weighted by Gasteiger charge is -2.11. The molecule has 0 spiro atoms. The number of nitrogens with one attached hydrogen (secondary N) is 2. The second-order valence-corrected chi connectivity index (χ2v) is 4.42. The Balaban J connectivity index is 1.83. The molecule has 0 aliphatic heterocycles. The summed E-state index contributed by atoms with van der Waals surface area (Å²) < 4.78 is 10.8. The number of H-pyrrole nitrogens is 1. The number of hydrogen-bond acceptors (Lipinski definition) is 4. The summed E-state index contributed by atoms with van der Waals surface area (Å²) in [6.45, 7) is 4.30. The lowest BCUT2D eigenvalue weighted by atomic mass is 10.2. The summed E-state index contributed by atoms with van der Waals surface area (Å²) >= 11 is 0. The van der Waals surface area contributed by atoms with E-state index in [1.807, 2.05) is 25.3 Å². The van der Waals surface area contributed by atoms with E-state index in [9.17, 15) is 0 Å².